The summed E-state index contributed by atoms with van der Waals surface area (Å²) in [7, 11) is 0. The molecule has 1 nitrogen and oxygen atoms in total. The molecule has 0 amide bonds. The van der Waals surface area contributed by atoms with Gasteiger partial charge in [-0.3, -0.25) is 0 Å². The van der Waals surface area contributed by atoms with E-state index in [0.717, 1.165) is 22.6 Å². The lowest BCUT2D eigenvalue weighted by Crippen LogP contribution is -1.69. The van der Waals surface area contributed by atoms with E-state index in [1.54, 1.807) is 0 Å². The van der Waals surface area contributed by atoms with Crippen molar-refractivity contribution in [3.05, 3.63) is 95.4 Å². The van der Waals surface area contributed by atoms with E-state index in [-0.39, 0.29) is 0 Å². The van der Waals surface area contributed by atoms with E-state index in [4.69, 9.17) is 4.42 Å². The van der Waals surface area contributed by atoms with Gasteiger partial charge in [0.1, 0.15) is 11.5 Å². The quantitative estimate of drug-likeness (QED) is 0.600. The minimum atomic E-state index is 0.853. The van der Waals surface area contributed by atoms with Gasteiger partial charge in [-0.05, 0) is 35.4 Å². The van der Waals surface area contributed by atoms with Crippen LogP contribution in [0.4, 0.5) is 0 Å². The van der Waals surface area contributed by atoms with Gasteiger partial charge >= 0.3 is 0 Å². The second kappa shape index (κ2) is 6.58. The van der Waals surface area contributed by atoms with Crippen LogP contribution in [0.2, 0.25) is 0 Å². The molecule has 1 aromatic heterocycles. The van der Waals surface area contributed by atoms with Gasteiger partial charge in [0.05, 0.1) is 0 Å². The van der Waals surface area contributed by atoms with Gasteiger partial charge < -0.3 is 4.42 Å². The fourth-order valence-corrected chi connectivity index (χ4v) is 2.03. The van der Waals surface area contributed by atoms with Gasteiger partial charge in [-0.2, -0.15) is 0 Å². The van der Waals surface area contributed by atoms with Crippen molar-refractivity contribution in [2.24, 2.45) is 0 Å². The summed E-state index contributed by atoms with van der Waals surface area (Å²) < 4.78 is 5.75. The van der Waals surface area contributed by atoms with Gasteiger partial charge in [-0.25, -0.2) is 0 Å². The zero-order valence-corrected chi connectivity index (χ0v) is 11.6. The summed E-state index contributed by atoms with van der Waals surface area (Å²) in [5.74, 6) is 1.71. The molecule has 1 heteroatoms. The Hall–Kier alpha value is -2.80. The van der Waals surface area contributed by atoms with Crippen molar-refractivity contribution in [1.82, 2.24) is 0 Å². The first-order chi connectivity index (χ1) is 10.4. The van der Waals surface area contributed by atoms with Crippen molar-refractivity contribution in [2.75, 3.05) is 0 Å². The maximum Gasteiger partial charge on any atom is 0.127 e. The zero-order chi connectivity index (χ0) is 14.3. The standard InChI is InChI=1S/C20H16O/c1-3-7-17(8-4-1)11-13-19-15-16-20(21-19)14-12-18-9-5-2-6-10-18/h1-16H/b13-11+,14-12+. The first-order valence-electron chi connectivity index (χ1n) is 6.96. The van der Waals surface area contributed by atoms with Crippen molar-refractivity contribution >= 4 is 24.3 Å². The highest BCUT2D eigenvalue weighted by molar-refractivity contribution is 5.70. The molecule has 1 heterocycles. The minimum absolute atomic E-state index is 0.853. The first-order valence-corrected chi connectivity index (χ1v) is 6.96. The van der Waals surface area contributed by atoms with Gasteiger partial charge in [-0.1, -0.05) is 72.8 Å². The Morgan fingerprint density at radius 1 is 0.476 bits per heavy atom. The van der Waals surface area contributed by atoms with Crippen molar-refractivity contribution in [2.45, 2.75) is 0 Å². The van der Waals surface area contributed by atoms with Crippen LogP contribution in [0.5, 0.6) is 0 Å². The summed E-state index contributed by atoms with van der Waals surface area (Å²) in [5, 5.41) is 0. The summed E-state index contributed by atoms with van der Waals surface area (Å²) >= 11 is 0. The van der Waals surface area contributed by atoms with Gasteiger partial charge in [0, 0.05) is 0 Å². The smallest absolute Gasteiger partial charge is 0.127 e. The molecule has 102 valence electrons. The third-order valence-corrected chi connectivity index (χ3v) is 3.13. The molecule has 0 bridgehead atoms. The zero-order valence-electron chi connectivity index (χ0n) is 11.6. The van der Waals surface area contributed by atoms with Gasteiger partial charge in [0.25, 0.3) is 0 Å². The predicted molar refractivity (Wildman–Crippen MR) is 89.4 cm³/mol. The maximum atomic E-state index is 5.75. The van der Waals surface area contributed by atoms with E-state index in [2.05, 4.69) is 24.3 Å². The predicted octanol–water partition coefficient (Wildman–Crippen LogP) is 5.62. The third-order valence-electron chi connectivity index (χ3n) is 3.13. The molecule has 0 aliphatic carbocycles. The Morgan fingerprint density at radius 3 is 1.33 bits per heavy atom. The molecule has 2 aromatic carbocycles. The Balaban J connectivity index is 1.69. The first kappa shape index (κ1) is 13.2. The Kier molecular flexibility index (Phi) is 4.13. The van der Waals surface area contributed by atoms with Crippen LogP contribution in [0.3, 0.4) is 0 Å². The molecule has 0 spiro atoms. The lowest BCUT2D eigenvalue weighted by molar-refractivity contribution is 0.547. The molecule has 3 rings (SSSR count). The Labute approximate surface area is 124 Å². The summed E-state index contributed by atoms with van der Waals surface area (Å²) in [4.78, 5) is 0. The monoisotopic (exact) mass is 272 g/mol. The number of rotatable bonds is 4. The van der Waals surface area contributed by atoms with Crippen LogP contribution >= 0.6 is 0 Å². The van der Waals surface area contributed by atoms with E-state index in [0.29, 0.717) is 0 Å². The average Bonchev–Trinajstić information content (AvgIpc) is 3.01. The fourth-order valence-electron chi connectivity index (χ4n) is 2.03. The number of hydrogen-bond donors (Lipinski definition) is 0. The van der Waals surface area contributed by atoms with E-state index < -0.39 is 0 Å². The van der Waals surface area contributed by atoms with Crippen LogP contribution in [-0.4, -0.2) is 0 Å². The molecule has 0 radical (unpaired) electrons. The molecule has 0 saturated heterocycles. The Bertz CT molecular complexity index is 670. The van der Waals surface area contributed by atoms with Gasteiger partial charge in [0.2, 0.25) is 0 Å². The lowest BCUT2D eigenvalue weighted by atomic mass is 10.2. The molecule has 0 N–H and O–H groups in total. The molecule has 3 aromatic rings. The largest absolute Gasteiger partial charge is 0.457 e. The van der Waals surface area contributed by atoms with E-state index >= 15 is 0 Å². The molecular weight excluding hydrogens is 256 g/mol. The van der Waals surface area contributed by atoms with Crippen LogP contribution in [0.1, 0.15) is 22.6 Å². The number of furan rings is 1. The van der Waals surface area contributed by atoms with Gasteiger partial charge in [0.15, 0.2) is 0 Å². The molecule has 21 heavy (non-hydrogen) atoms. The molecule has 0 saturated carbocycles. The van der Waals surface area contributed by atoms with Gasteiger partial charge in [-0.15, -0.1) is 0 Å². The highest BCUT2D eigenvalue weighted by Crippen LogP contribution is 2.15. The second-order valence-corrected chi connectivity index (χ2v) is 4.73. The van der Waals surface area contributed by atoms with Crippen molar-refractivity contribution in [3.63, 3.8) is 0 Å². The van der Waals surface area contributed by atoms with Crippen LogP contribution in [0, 0.1) is 0 Å². The normalized spacial score (nSPS) is 11.4. The molecule has 0 unspecified atom stereocenters. The SMILES string of the molecule is C(=C\c1ccc(/C=C/c2ccccc2)o1)/c1ccccc1. The number of hydrogen-bond acceptors (Lipinski definition) is 1. The topological polar surface area (TPSA) is 13.1 Å². The maximum absolute atomic E-state index is 5.75. The van der Waals surface area contributed by atoms with Crippen LogP contribution in [0.15, 0.2) is 77.2 Å². The highest BCUT2D eigenvalue weighted by atomic mass is 16.3. The van der Waals surface area contributed by atoms with E-state index in [1.165, 1.54) is 0 Å². The second-order valence-electron chi connectivity index (χ2n) is 4.73. The summed E-state index contributed by atoms with van der Waals surface area (Å²) in [6, 6.07) is 24.3. The summed E-state index contributed by atoms with van der Waals surface area (Å²) in [5.41, 5.74) is 2.32. The summed E-state index contributed by atoms with van der Waals surface area (Å²) in [6.07, 6.45) is 8.05. The molecular formula is C20H16O. The molecule has 0 aliphatic rings. The number of benzene rings is 2. The average molecular weight is 272 g/mol. The van der Waals surface area contributed by atoms with Crippen LogP contribution in [0.25, 0.3) is 24.3 Å². The van der Waals surface area contributed by atoms with Crippen LogP contribution < -0.4 is 0 Å². The Morgan fingerprint density at radius 2 is 0.905 bits per heavy atom. The lowest BCUT2D eigenvalue weighted by Gasteiger charge is -1.91. The van der Waals surface area contributed by atoms with E-state index in [1.807, 2.05) is 72.8 Å². The van der Waals surface area contributed by atoms with Crippen molar-refractivity contribution < 1.29 is 4.42 Å². The summed E-state index contributed by atoms with van der Waals surface area (Å²) in [6.45, 7) is 0. The van der Waals surface area contributed by atoms with Crippen LogP contribution in [-0.2, 0) is 0 Å². The molecule has 0 atom stereocenters. The minimum Gasteiger partial charge on any atom is -0.457 e. The van der Waals surface area contributed by atoms with E-state index in [9.17, 15) is 0 Å². The molecule has 0 fully saturated rings. The molecule has 0 aliphatic heterocycles. The van der Waals surface area contributed by atoms with Crippen molar-refractivity contribution in [3.8, 4) is 0 Å². The highest BCUT2D eigenvalue weighted by Gasteiger charge is 1.95. The van der Waals surface area contributed by atoms with Crippen molar-refractivity contribution in [1.29, 1.82) is 0 Å². The third kappa shape index (κ3) is 3.83. The fraction of sp³-hybridized carbons (Fsp3) is 0.